The van der Waals surface area contributed by atoms with Crippen LogP contribution in [0.2, 0.25) is 0 Å². The highest BCUT2D eigenvalue weighted by atomic mass is 16.5. The van der Waals surface area contributed by atoms with Gasteiger partial charge in [-0.3, -0.25) is 0 Å². The molecule has 296 valence electrons. The molecule has 8 rings (SSSR count). The Balaban J connectivity index is 1.27. The fraction of sp³-hybridized carbons (Fsp3) is 0.269. The molecule has 58 heavy (non-hydrogen) atoms. The number of fused-ring (bicyclic) bond motifs is 5. The molecule has 2 unspecified atom stereocenters. The van der Waals surface area contributed by atoms with E-state index in [-0.39, 0.29) is 0 Å². The highest BCUT2D eigenvalue weighted by Gasteiger charge is 2.42. The van der Waals surface area contributed by atoms with Gasteiger partial charge in [-0.1, -0.05) is 100 Å². The maximum atomic E-state index is 7.31. The molecule has 2 aliphatic heterocycles. The SMILES string of the molecule is CCOc1ccc(C2(c3ccccc3)C=Cc3c(ccc4ccc5c(c34)C=CC(c3ccccc3)(c3ccc(OCC)cc3OCC(C)C)O5)O2)c(OCC(C)C)c1. The maximum Gasteiger partial charge on any atom is 0.181 e. The summed E-state index contributed by atoms with van der Waals surface area (Å²) in [6, 6.07) is 41.3. The van der Waals surface area contributed by atoms with Gasteiger partial charge < -0.3 is 28.4 Å². The van der Waals surface area contributed by atoms with E-state index in [0.717, 1.165) is 78.7 Å². The van der Waals surface area contributed by atoms with E-state index in [1.807, 2.05) is 50.2 Å². The summed E-state index contributed by atoms with van der Waals surface area (Å²) in [4.78, 5) is 0. The molecular weight excluding hydrogens is 721 g/mol. The Morgan fingerprint density at radius 3 is 1.33 bits per heavy atom. The van der Waals surface area contributed by atoms with Crippen LogP contribution in [-0.4, -0.2) is 26.4 Å². The van der Waals surface area contributed by atoms with Crippen molar-refractivity contribution >= 4 is 22.9 Å². The standard InChI is InChI=1S/C52H52O6/c1-7-53-40-21-23-44(48(31-40)55-33-35(3)4)51(38-15-11-9-12-16-38)29-27-42-46(57-51)25-19-37-20-26-47-43(50(37)42)28-30-52(58-47,39-17-13-10-14-18-39)45-24-22-41(54-8-2)32-49(45)56-34-36(5)6/h9-32,35-36H,7-8,33-34H2,1-6H3. The van der Waals surface area contributed by atoms with Gasteiger partial charge in [-0.25, -0.2) is 0 Å². The normalized spacial score (nSPS) is 18.0. The lowest BCUT2D eigenvalue weighted by molar-refractivity contribution is 0.152. The van der Waals surface area contributed by atoms with E-state index in [1.54, 1.807) is 0 Å². The molecule has 0 aromatic heterocycles. The number of hydrogen-bond donors (Lipinski definition) is 0. The molecule has 6 nitrogen and oxygen atoms in total. The quantitative estimate of drug-likeness (QED) is 0.110. The average molecular weight is 773 g/mol. The number of hydrogen-bond acceptors (Lipinski definition) is 6. The van der Waals surface area contributed by atoms with Crippen molar-refractivity contribution in [2.45, 2.75) is 52.7 Å². The van der Waals surface area contributed by atoms with Crippen molar-refractivity contribution in [3.8, 4) is 34.5 Å². The fourth-order valence-electron chi connectivity index (χ4n) is 7.93. The lowest BCUT2D eigenvalue weighted by Gasteiger charge is -2.39. The van der Waals surface area contributed by atoms with Crippen molar-refractivity contribution in [3.63, 3.8) is 0 Å². The molecule has 0 fully saturated rings. The predicted octanol–water partition coefficient (Wildman–Crippen LogP) is 12.4. The summed E-state index contributed by atoms with van der Waals surface area (Å²) in [6.07, 6.45) is 8.74. The molecule has 0 radical (unpaired) electrons. The summed E-state index contributed by atoms with van der Waals surface area (Å²) in [5, 5.41) is 2.14. The third-order valence-electron chi connectivity index (χ3n) is 10.6. The van der Waals surface area contributed by atoms with E-state index in [9.17, 15) is 0 Å². The third kappa shape index (κ3) is 7.28. The molecule has 0 bridgehead atoms. The predicted molar refractivity (Wildman–Crippen MR) is 234 cm³/mol. The van der Waals surface area contributed by atoms with Gasteiger partial charge in [-0.05, 0) is 91.8 Å². The van der Waals surface area contributed by atoms with Gasteiger partial charge in [0.25, 0.3) is 0 Å². The van der Waals surface area contributed by atoms with Crippen LogP contribution in [0.15, 0.2) is 133 Å². The summed E-state index contributed by atoms with van der Waals surface area (Å²) in [5.41, 5.74) is 3.83. The smallest absolute Gasteiger partial charge is 0.181 e. The van der Waals surface area contributed by atoms with E-state index in [2.05, 4.69) is 137 Å². The third-order valence-corrected chi connectivity index (χ3v) is 10.6. The molecule has 6 heteroatoms. The molecule has 6 aromatic carbocycles. The van der Waals surface area contributed by atoms with E-state index < -0.39 is 11.2 Å². The molecule has 0 amide bonds. The fourth-order valence-corrected chi connectivity index (χ4v) is 7.93. The van der Waals surface area contributed by atoms with Crippen LogP contribution >= 0.6 is 0 Å². The zero-order chi connectivity index (χ0) is 40.3. The minimum atomic E-state index is -0.970. The largest absolute Gasteiger partial charge is 0.494 e. The molecule has 2 aliphatic rings. The van der Waals surface area contributed by atoms with Crippen LogP contribution in [0.1, 0.15) is 74.9 Å². The van der Waals surface area contributed by atoms with Gasteiger partial charge in [0.1, 0.15) is 34.5 Å². The molecule has 0 spiro atoms. The van der Waals surface area contributed by atoms with Gasteiger partial charge in [0.15, 0.2) is 11.2 Å². The minimum absolute atomic E-state index is 0.335. The Kier molecular flexibility index (Phi) is 10.9. The Hall–Kier alpha value is -6.14. The first-order chi connectivity index (χ1) is 28.2. The van der Waals surface area contributed by atoms with E-state index in [1.165, 1.54) is 0 Å². The summed E-state index contributed by atoms with van der Waals surface area (Å²) >= 11 is 0. The monoisotopic (exact) mass is 772 g/mol. The lowest BCUT2D eigenvalue weighted by Crippen LogP contribution is -2.35. The first-order valence-corrected chi connectivity index (χ1v) is 20.5. The van der Waals surface area contributed by atoms with Gasteiger partial charge in [0, 0.05) is 50.9 Å². The van der Waals surface area contributed by atoms with E-state index in [0.29, 0.717) is 38.3 Å². The number of ether oxygens (including phenoxy) is 6. The first kappa shape index (κ1) is 38.7. The Morgan fingerprint density at radius 1 is 0.500 bits per heavy atom. The van der Waals surface area contributed by atoms with Crippen molar-refractivity contribution in [2.24, 2.45) is 11.8 Å². The van der Waals surface area contributed by atoms with Crippen LogP contribution in [-0.2, 0) is 11.2 Å². The van der Waals surface area contributed by atoms with Crippen molar-refractivity contribution in [2.75, 3.05) is 26.4 Å². The topological polar surface area (TPSA) is 55.4 Å². The summed E-state index contributed by atoms with van der Waals surface area (Å²) in [5.74, 6) is 5.18. The maximum absolute atomic E-state index is 7.31. The first-order valence-electron chi connectivity index (χ1n) is 20.5. The summed E-state index contributed by atoms with van der Waals surface area (Å²) in [6.45, 7) is 14.8. The van der Waals surface area contributed by atoms with Gasteiger partial charge in [0.2, 0.25) is 0 Å². The second-order valence-corrected chi connectivity index (χ2v) is 15.7. The van der Waals surface area contributed by atoms with Gasteiger partial charge >= 0.3 is 0 Å². The van der Waals surface area contributed by atoms with Crippen LogP contribution < -0.4 is 28.4 Å². The summed E-state index contributed by atoms with van der Waals surface area (Å²) in [7, 11) is 0. The summed E-state index contributed by atoms with van der Waals surface area (Å²) < 4.78 is 39.5. The zero-order valence-corrected chi connectivity index (χ0v) is 34.3. The van der Waals surface area contributed by atoms with Crippen LogP contribution in [0.5, 0.6) is 34.5 Å². The zero-order valence-electron chi connectivity index (χ0n) is 34.3. The molecule has 2 atom stereocenters. The van der Waals surface area contributed by atoms with Crippen LogP contribution in [0.4, 0.5) is 0 Å². The molecule has 0 saturated heterocycles. The molecule has 0 saturated carbocycles. The Morgan fingerprint density at radius 2 is 0.931 bits per heavy atom. The van der Waals surface area contributed by atoms with Crippen molar-refractivity contribution in [1.29, 1.82) is 0 Å². The van der Waals surface area contributed by atoms with Crippen LogP contribution in [0, 0.1) is 11.8 Å². The Labute approximate surface area is 342 Å². The lowest BCUT2D eigenvalue weighted by atomic mass is 9.81. The molecule has 0 N–H and O–H groups in total. The second-order valence-electron chi connectivity index (χ2n) is 15.7. The van der Waals surface area contributed by atoms with Gasteiger partial charge in [0.05, 0.1) is 26.4 Å². The average Bonchev–Trinajstić information content (AvgIpc) is 3.25. The highest BCUT2D eigenvalue weighted by Crippen LogP contribution is 2.51. The molecular formula is C52H52O6. The second kappa shape index (κ2) is 16.4. The van der Waals surface area contributed by atoms with Crippen molar-refractivity contribution in [1.82, 2.24) is 0 Å². The van der Waals surface area contributed by atoms with Gasteiger partial charge in [-0.2, -0.15) is 0 Å². The Bertz CT molecular complexity index is 2280. The van der Waals surface area contributed by atoms with E-state index in [4.69, 9.17) is 28.4 Å². The molecule has 6 aromatic rings. The number of rotatable bonds is 14. The van der Waals surface area contributed by atoms with Crippen LogP contribution in [0.3, 0.4) is 0 Å². The molecule has 2 heterocycles. The number of benzene rings is 6. The highest BCUT2D eigenvalue weighted by molar-refractivity contribution is 6.02. The van der Waals surface area contributed by atoms with Crippen molar-refractivity contribution in [3.05, 3.63) is 167 Å². The van der Waals surface area contributed by atoms with Gasteiger partial charge in [-0.15, -0.1) is 0 Å². The minimum Gasteiger partial charge on any atom is -0.494 e. The van der Waals surface area contributed by atoms with Crippen LogP contribution in [0.25, 0.3) is 22.9 Å². The molecule has 0 aliphatic carbocycles. The van der Waals surface area contributed by atoms with Crippen molar-refractivity contribution < 1.29 is 28.4 Å². The van der Waals surface area contributed by atoms with E-state index >= 15 is 0 Å².